The lowest BCUT2D eigenvalue weighted by atomic mass is 10.1. The fraction of sp³-hybridized carbons (Fsp3) is 0.0870. The zero-order valence-corrected chi connectivity index (χ0v) is 16.2. The summed E-state index contributed by atoms with van der Waals surface area (Å²) >= 11 is 0. The second kappa shape index (κ2) is 9.32. The van der Waals surface area contributed by atoms with Crippen molar-refractivity contribution in [2.24, 2.45) is 5.10 Å². The number of hydrogen-bond acceptors (Lipinski definition) is 4. The lowest BCUT2D eigenvalue weighted by Crippen LogP contribution is -2.17. The van der Waals surface area contributed by atoms with Gasteiger partial charge in [0.15, 0.2) is 0 Å². The highest BCUT2D eigenvalue weighted by Gasteiger charge is 2.07. The van der Waals surface area contributed by atoms with E-state index in [0.717, 1.165) is 16.9 Å². The van der Waals surface area contributed by atoms with Gasteiger partial charge in [-0.1, -0.05) is 17.7 Å². The Kier molecular flexibility index (Phi) is 6.37. The molecule has 2 amide bonds. The summed E-state index contributed by atoms with van der Waals surface area (Å²) in [5, 5.41) is 6.76. The minimum absolute atomic E-state index is 0.203. The number of hydrogen-bond donors (Lipinski definition) is 2. The van der Waals surface area contributed by atoms with E-state index in [2.05, 4.69) is 15.8 Å². The number of rotatable bonds is 6. The molecule has 0 aliphatic carbocycles. The van der Waals surface area contributed by atoms with Gasteiger partial charge in [-0.3, -0.25) is 9.59 Å². The van der Waals surface area contributed by atoms with Gasteiger partial charge in [0.1, 0.15) is 5.75 Å². The second-order valence-electron chi connectivity index (χ2n) is 6.37. The van der Waals surface area contributed by atoms with Crippen LogP contribution in [0.2, 0.25) is 0 Å². The van der Waals surface area contributed by atoms with E-state index in [4.69, 9.17) is 4.74 Å². The number of hydrazone groups is 1. The third-order valence-electron chi connectivity index (χ3n) is 4.21. The first kappa shape index (κ1) is 19.8. The molecule has 6 nitrogen and oxygen atoms in total. The van der Waals surface area contributed by atoms with Crippen molar-refractivity contribution in [3.8, 4) is 5.75 Å². The number of nitrogens with one attached hydrogen (secondary N) is 2. The zero-order valence-electron chi connectivity index (χ0n) is 16.2. The molecule has 0 atom stereocenters. The molecule has 0 aromatic heterocycles. The molecule has 0 aliphatic heterocycles. The van der Waals surface area contributed by atoms with Crippen molar-refractivity contribution in [3.05, 3.63) is 95.1 Å². The Morgan fingerprint density at radius 2 is 1.41 bits per heavy atom. The average Bonchev–Trinajstić information content (AvgIpc) is 2.75. The zero-order chi connectivity index (χ0) is 20.6. The van der Waals surface area contributed by atoms with Crippen LogP contribution < -0.4 is 15.5 Å². The molecule has 0 bridgehead atoms. The van der Waals surface area contributed by atoms with Gasteiger partial charge in [-0.05, 0) is 73.2 Å². The lowest BCUT2D eigenvalue weighted by molar-refractivity contribution is 0.0954. The van der Waals surface area contributed by atoms with Crippen LogP contribution in [-0.2, 0) is 0 Å². The van der Waals surface area contributed by atoms with Crippen LogP contribution in [0.4, 0.5) is 5.69 Å². The highest BCUT2D eigenvalue weighted by molar-refractivity contribution is 6.04. The van der Waals surface area contributed by atoms with Gasteiger partial charge in [0.2, 0.25) is 0 Å². The number of anilines is 1. The topological polar surface area (TPSA) is 79.8 Å². The Bertz CT molecular complexity index is 1010. The van der Waals surface area contributed by atoms with Crippen molar-refractivity contribution >= 4 is 23.7 Å². The summed E-state index contributed by atoms with van der Waals surface area (Å²) < 4.78 is 5.09. The number of carbonyl (C=O) groups excluding carboxylic acids is 2. The van der Waals surface area contributed by atoms with Crippen LogP contribution in [0.15, 0.2) is 77.9 Å². The molecule has 0 radical (unpaired) electrons. The van der Waals surface area contributed by atoms with Crippen molar-refractivity contribution in [2.45, 2.75) is 6.92 Å². The van der Waals surface area contributed by atoms with Gasteiger partial charge in [-0.25, -0.2) is 5.43 Å². The van der Waals surface area contributed by atoms with E-state index in [1.54, 1.807) is 49.7 Å². The maximum Gasteiger partial charge on any atom is 0.271 e. The molecular formula is C23H21N3O3. The normalized spacial score (nSPS) is 10.6. The largest absolute Gasteiger partial charge is 0.497 e. The predicted octanol–water partition coefficient (Wildman–Crippen LogP) is 4.02. The predicted molar refractivity (Wildman–Crippen MR) is 114 cm³/mol. The molecule has 2 N–H and O–H groups in total. The summed E-state index contributed by atoms with van der Waals surface area (Å²) in [7, 11) is 1.60. The molecule has 3 aromatic carbocycles. The van der Waals surface area contributed by atoms with Gasteiger partial charge in [0, 0.05) is 16.8 Å². The van der Waals surface area contributed by atoms with E-state index in [1.165, 1.54) is 0 Å². The monoisotopic (exact) mass is 387 g/mol. The fourth-order valence-corrected chi connectivity index (χ4v) is 2.53. The summed E-state index contributed by atoms with van der Waals surface area (Å²) in [4.78, 5) is 24.4. The standard InChI is InChI=1S/C23H21N3O3/c1-16-3-7-18(8-4-16)22(27)25-20-11-9-19(10-12-20)23(28)26-24-15-17-5-13-21(29-2)14-6-17/h3-15H,1-2H3,(H,25,27)(H,26,28)/b24-15-. The third-order valence-corrected chi connectivity index (χ3v) is 4.21. The Morgan fingerprint density at radius 3 is 2.03 bits per heavy atom. The van der Waals surface area contributed by atoms with E-state index in [1.807, 2.05) is 43.3 Å². The van der Waals surface area contributed by atoms with Crippen LogP contribution >= 0.6 is 0 Å². The van der Waals surface area contributed by atoms with E-state index >= 15 is 0 Å². The van der Waals surface area contributed by atoms with E-state index in [-0.39, 0.29) is 11.8 Å². The molecule has 0 saturated carbocycles. The smallest absolute Gasteiger partial charge is 0.271 e. The van der Waals surface area contributed by atoms with Gasteiger partial charge in [0.25, 0.3) is 11.8 Å². The SMILES string of the molecule is COc1ccc(/C=N\NC(=O)c2ccc(NC(=O)c3ccc(C)cc3)cc2)cc1. The quantitative estimate of drug-likeness (QED) is 0.495. The highest BCUT2D eigenvalue weighted by Crippen LogP contribution is 2.12. The van der Waals surface area contributed by atoms with Crippen LogP contribution in [0.25, 0.3) is 0 Å². The van der Waals surface area contributed by atoms with Gasteiger partial charge >= 0.3 is 0 Å². The molecule has 3 aromatic rings. The molecule has 3 rings (SSSR count). The summed E-state index contributed by atoms with van der Waals surface area (Å²) in [6.07, 6.45) is 1.55. The number of ether oxygens (including phenoxy) is 1. The van der Waals surface area contributed by atoms with Crippen molar-refractivity contribution < 1.29 is 14.3 Å². The number of amides is 2. The van der Waals surface area contributed by atoms with Crippen LogP contribution in [0.3, 0.4) is 0 Å². The van der Waals surface area contributed by atoms with E-state index in [9.17, 15) is 9.59 Å². The first-order chi connectivity index (χ1) is 14.0. The number of aryl methyl sites for hydroxylation is 1. The van der Waals surface area contributed by atoms with Gasteiger partial charge < -0.3 is 10.1 Å². The van der Waals surface area contributed by atoms with Crippen LogP contribution in [0, 0.1) is 6.92 Å². The van der Waals surface area contributed by atoms with Crippen molar-refractivity contribution in [1.82, 2.24) is 5.43 Å². The molecule has 0 saturated heterocycles. The maximum atomic E-state index is 12.2. The molecule has 0 heterocycles. The van der Waals surface area contributed by atoms with E-state index in [0.29, 0.717) is 16.8 Å². The molecule has 6 heteroatoms. The molecule has 146 valence electrons. The van der Waals surface area contributed by atoms with Crippen LogP contribution in [-0.4, -0.2) is 25.1 Å². The summed E-state index contributed by atoms with van der Waals surface area (Å²) in [6.45, 7) is 1.96. The van der Waals surface area contributed by atoms with Gasteiger partial charge in [-0.2, -0.15) is 5.10 Å². The van der Waals surface area contributed by atoms with Crippen molar-refractivity contribution in [1.29, 1.82) is 0 Å². The second-order valence-corrected chi connectivity index (χ2v) is 6.37. The Balaban J connectivity index is 1.55. The van der Waals surface area contributed by atoms with Gasteiger partial charge in [0.05, 0.1) is 13.3 Å². The number of methoxy groups -OCH3 is 1. The molecule has 0 fully saturated rings. The number of carbonyl (C=O) groups is 2. The summed E-state index contributed by atoms with van der Waals surface area (Å²) in [6, 6.07) is 21.2. The van der Waals surface area contributed by atoms with E-state index < -0.39 is 0 Å². The third kappa shape index (κ3) is 5.52. The molecule has 0 unspecified atom stereocenters. The fourth-order valence-electron chi connectivity index (χ4n) is 2.53. The maximum absolute atomic E-state index is 12.2. The van der Waals surface area contributed by atoms with Crippen LogP contribution in [0.5, 0.6) is 5.75 Å². The summed E-state index contributed by atoms with van der Waals surface area (Å²) in [5.74, 6) is 0.207. The van der Waals surface area contributed by atoms with Crippen molar-refractivity contribution in [3.63, 3.8) is 0 Å². The molecular weight excluding hydrogens is 366 g/mol. The average molecular weight is 387 g/mol. The molecule has 29 heavy (non-hydrogen) atoms. The minimum Gasteiger partial charge on any atom is -0.497 e. The Labute approximate surface area is 169 Å². The Hall–Kier alpha value is -3.93. The summed E-state index contributed by atoms with van der Waals surface area (Å²) in [5.41, 5.74) is 6.02. The Morgan fingerprint density at radius 1 is 0.828 bits per heavy atom. The van der Waals surface area contributed by atoms with Crippen LogP contribution in [0.1, 0.15) is 31.8 Å². The van der Waals surface area contributed by atoms with Gasteiger partial charge in [-0.15, -0.1) is 0 Å². The molecule has 0 spiro atoms. The molecule has 0 aliphatic rings. The van der Waals surface area contributed by atoms with Crippen molar-refractivity contribution in [2.75, 3.05) is 12.4 Å². The highest BCUT2D eigenvalue weighted by atomic mass is 16.5. The minimum atomic E-state index is -0.342. The first-order valence-electron chi connectivity index (χ1n) is 9.01. The first-order valence-corrected chi connectivity index (χ1v) is 9.01. The number of nitrogens with zero attached hydrogens (tertiary/aromatic N) is 1. The number of benzene rings is 3. The lowest BCUT2D eigenvalue weighted by Gasteiger charge is -2.06.